The first kappa shape index (κ1) is 13.2. The molecule has 4 heteroatoms. The predicted octanol–water partition coefficient (Wildman–Crippen LogP) is 2.09. The van der Waals surface area contributed by atoms with E-state index < -0.39 is 5.60 Å². The number of benzene rings is 1. The number of para-hydroxylation sites is 1. The lowest BCUT2D eigenvalue weighted by Crippen LogP contribution is -2.22. The van der Waals surface area contributed by atoms with Gasteiger partial charge < -0.3 is 19.3 Å². The molecule has 1 aliphatic heterocycles. The zero-order valence-electron chi connectivity index (χ0n) is 11.1. The Labute approximate surface area is 107 Å². The number of hydrogen-bond donors (Lipinski definition) is 1. The SMILES string of the molecule is COc1cccc(C(C)(C)O)c1OC1CCOC1. The van der Waals surface area contributed by atoms with E-state index in [-0.39, 0.29) is 6.10 Å². The molecule has 1 fully saturated rings. The maximum Gasteiger partial charge on any atom is 0.167 e. The standard InChI is InChI=1S/C14H20O4/c1-14(2,15)11-5-4-6-12(16-3)13(11)18-10-7-8-17-9-10/h4-6,10,15H,7-9H2,1-3H3. The molecule has 1 aliphatic rings. The summed E-state index contributed by atoms with van der Waals surface area (Å²) >= 11 is 0. The summed E-state index contributed by atoms with van der Waals surface area (Å²) in [7, 11) is 1.60. The minimum Gasteiger partial charge on any atom is -0.493 e. The van der Waals surface area contributed by atoms with Crippen LogP contribution in [0, 0.1) is 0 Å². The average molecular weight is 252 g/mol. The van der Waals surface area contributed by atoms with Crippen LogP contribution >= 0.6 is 0 Å². The molecule has 2 rings (SSSR count). The van der Waals surface area contributed by atoms with Crippen molar-refractivity contribution >= 4 is 0 Å². The highest BCUT2D eigenvalue weighted by Crippen LogP contribution is 2.38. The van der Waals surface area contributed by atoms with Gasteiger partial charge in [0.2, 0.25) is 0 Å². The highest BCUT2D eigenvalue weighted by atomic mass is 16.6. The molecular formula is C14H20O4. The smallest absolute Gasteiger partial charge is 0.167 e. The van der Waals surface area contributed by atoms with Crippen LogP contribution in [0.15, 0.2) is 18.2 Å². The molecule has 1 heterocycles. The van der Waals surface area contributed by atoms with E-state index in [9.17, 15) is 5.11 Å². The molecule has 1 unspecified atom stereocenters. The van der Waals surface area contributed by atoms with Crippen molar-refractivity contribution in [2.45, 2.75) is 32.0 Å². The van der Waals surface area contributed by atoms with Crippen LogP contribution in [0.2, 0.25) is 0 Å². The topological polar surface area (TPSA) is 47.9 Å². The molecule has 18 heavy (non-hydrogen) atoms. The summed E-state index contributed by atoms with van der Waals surface area (Å²) in [4.78, 5) is 0. The Hall–Kier alpha value is -1.26. The zero-order valence-corrected chi connectivity index (χ0v) is 11.1. The van der Waals surface area contributed by atoms with E-state index >= 15 is 0 Å². The fraction of sp³-hybridized carbons (Fsp3) is 0.571. The second kappa shape index (κ2) is 5.16. The van der Waals surface area contributed by atoms with Gasteiger partial charge in [-0.25, -0.2) is 0 Å². The third-order valence-corrected chi connectivity index (χ3v) is 3.03. The van der Waals surface area contributed by atoms with Crippen LogP contribution in [0.4, 0.5) is 0 Å². The van der Waals surface area contributed by atoms with Gasteiger partial charge in [0.25, 0.3) is 0 Å². The van der Waals surface area contributed by atoms with Crippen molar-refractivity contribution in [1.29, 1.82) is 0 Å². The summed E-state index contributed by atoms with van der Waals surface area (Å²) in [5.74, 6) is 1.25. The normalized spacial score (nSPS) is 19.9. The Balaban J connectivity index is 2.34. The van der Waals surface area contributed by atoms with E-state index in [1.54, 1.807) is 21.0 Å². The lowest BCUT2D eigenvalue weighted by atomic mass is 9.97. The lowest BCUT2D eigenvalue weighted by Gasteiger charge is -2.24. The Morgan fingerprint density at radius 2 is 2.17 bits per heavy atom. The van der Waals surface area contributed by atoms with Crippen molar-refractivity contribution in [2.24, 2.45) is 0 Å². The van der Waals surface area contributed by atoms with Gasteiger partial charge >= 0.3 is 0 Å². The van der Waals surface area contributed by atoms with E-state index in [2.05, 4.69) is 0 Å². The molecule has 0 aliphatic carbocycles. The van der Waals surface area contributed by atoms with Gasteiger partial charge in [0.05, 0.1) is 25.9 Å². The van der Waals surface area contributed by atoms with Crippen LogP contribution in [0.1, 0.15) is 25.8 Å². The lowest BCUT2D eigenvalue weighted by molar-refractivity contribution is 0.0698. The minimum atomic E-state index is -0.969. The van der Waals surface area contributed by atoms with Crippen LogP contribution in [0.3, 0.4) is 0 Å². The molecule has 4 nitrogen and oxygen atoms in total. The van der Waals surface area contributed by atoms with Gasteiger partial charge in [-0.1, -0.05) is 12.1 Å². The van der Waals surface area contributed by atoms with E-state index in [1.165, 1.54) is 0 Å². The second-order valence-corrected chi connectivity index (χ2v) is 5.00. The number of aliphatic hydroxyl groups is 1. The van der Waals surface area contributed by atoms with Crippen LogP contribution in [-0.2, 0) is 10.3 Å². The van der Waals surface area contributed by atoms with Crippen molar-refractivity contribution in [2.75, 3.05) is 20.3 Å². The van der Waals surface area contributed by atoms with Gasteiger partial charge in [0, 0.05) is 12.0 Å². The molecule has 1 aromatic carbocycles. The molecule has 0 amide bonds. The fourth-order valence-electron chi connectivity index (χ4n) is 2.05. The first-order chi connectivity index (χ1) is 8.52. The van der Waals surface area contributed by atoms with Crippen molar-refractivity contribution in [3.8, 4) is 11.5 Å². The van der Waals surface area contributed by atoms with Crippen molar-refractivity contribution in [3.63, 3.8) is 0 Å². The third kappa shape index (κ3) is 2.76. The van der Waals surface area contributed by atoms with Crippen molar-refractivity contribution in [1.82, 2.24) is 0 Å². The van der Waals surface area contributed by atoms with Gasteiger partial charge in [-0.3, -0.25) is 0 Å². The monoisotopic (exact) mass is 252 g/mol. The van der Waals surface area contributed by atoms with Gasteiger partial charge in [-0.15, -0.1) is 0 Å². The Morgan fingerprint density at radius 3 is 2.72 bits per heavy atom. The molecule has 0 aromatic heterocycles. The van der Waals surface area contributed by atoms with E-state index in [1.807, 2.05) is 18.2 Å². The van der Waals surface area contributed by atoms with Crippen LogP contribution < -0.4 is 9.47 Å². The molecule has 1 N–H and O–H groups in total. The number of hydrogen-bond acceptors (Lipinski definition) is 4. The first-order valence-electron chi connectivity index (χ1n) is 6.16. The second-order valence-electron chi connectivity index (χ2n) is 5.00. The number of rotatable bonds is 4. The summed E-state index contributed by atoms with van der Waals surface area (Å²) < 4.78 is 16.6. The molecular weight excluding hydrogens is 232 g/mol. The summed E-state index contributed by atoms with van der Waals surface area (Å²) in [6.07, 6.45) is 0.894. The van der Waals surface area contributed by atoms with Crippen LogP contribution in [0.5, 0.6) is 11.5 Å². The van der Waals surface area contributed by atoms with E-state index in [0.29, 0.717) is 18.1 Å². The van der Waals surface area contributed by atoms with Crippen molar-refractivity contribution in [3.05, 3.63) is 23.8 Å². The molecule has 1 aromatic rings. The highest BCUT2D eigenvalue weighted by Gasteiger charge is 2.27. The Bertz CT molecular complexity index is 403. The van der Waals surface area contributed by atoms with Crippen molar-refractivity contribution < 1.29 is 19.3 Å². The largest absolute Gasteiger partial charge is 0.493 e. The summed E-state index contributed by atoms with van der Waals surface area (Å²) in [5, 5.41) is 10.2. The molecule has 0 saturated carbocycles. The third-order valence-electron chi connectivity index (χ3n) is 3.03. The van der Waals surface area contributed by atoms with E-state index in [0.717, 1.165) is 18.6 Å². The zero-order chi connectivity index (χ0) is 13.2. The van der Waals surface area contributed by atoms with Crippen LogP contribution in [0.25, 0.3) is 0 Å². The summed E-state index contributed by atoms with van der Waals surface area (Å²) in [6, 6.07) is 5.54. The number of ether oxygens (including phenoxy) is 3. The van der Waals surface area contributed by atoms with Gasteiger partial charge in [0.1, 0.15) is 6.10 Å². The Kier molecular flexibility index (Phi) is 3.78. The molecule has 1 saturated heterocycles. The van der Waals surface area contributed by atoms with Gasteiger partial charge in [0.15, 0.2) is 11.5 Å². The van der Waals surface area contributed by atoms with E-state index in [4.69, 9.17) is 14.2 Å². The molecule has 0 bridgehead atoms. The highest BCUT2D eigenvalue weighted by molar-refractivity contribution is 5.49. The quantitative estimate of drug-likeness (QED) is 0.891. The molecule has 1 atom stereocenters. The summed E-state index contributed by atoms with van der Waals surface area (Å²) in [5.41, 5.74) is -0.239. The maximum atomic E-state index is 10.2. The van der Waals surface area contributed by atoms with Gasteiger partial charge in [-0.2, -0.15) is 0 Å². The molecule has 0 radical (unpaired) electrons. The summed E-state index contributed by atoms with van der Waals surface area (Å²) in [6.45, 7) is 4.78. The Morgan fingerprint density at radius 1 is 1.39 bits per heavy atom. The number of methoxy groups -OCH3 is 1. The maximum absolute atomic E-state index is 10.2. The average Bonchev–Trinajstić information content (AvgIpc) is 2.80. The minimum absolute atomic E-state index is 0.0300. The first-order valence-corrected chi connectivity index (χ1v) is 6.16. The van der Waals surface area contributed by atoms with Gasteiger partial charge in [-0.05, 0) is 19.9 Å². The van der Waals surface area contributed by atoms with Crippen LogP contribution in [-0.4, -0.2) is 31.5 Å². The molecule has 100 valence electrons. The predicted molar refractivity (Wildman–Crippen MR) is 68.1 cm³/mol. The fourth-order valence-corrected chi connectivity index (χ4v) is 2.05. The molecule has 0 spiro atoms.